The molecule has 180 valence electrons. The van der Waals surface area contributed by atoms with Gasteiger partial charge >= 0.3 is 5.97 Å². The highest BCUT2D eigenvalue weighted by Crippen LogP contribution is 2.39. The second kappa shape index (κ2) is 11.1. The standard InChI is InChI=1S/C24H29N5O3S2/c1-3-32-22(31)19-17-11-7-8-12-18(17)34-21(19)26-20(30)15(2)29-23(25)27-28-24(29)33-14-13-16-9-5-4-6-10-16/h4-6,9-10,15H,3,7-8,11-14H2,1-2H3,(H2,25,27)(H,26,30). The number of carbonyl (C=O) groups is 2. The van der Waals surface area contributed by atoms with Gasteiger partial charge in [0.05, 0.1) is 12.2 Å². The van der Waals surface area contributed by atoms with Gasteiger partial charge in [0.25, 0.3) is 0 Å². The van der Waals surface area contributed by atoms with Crippen LogP contribution in [0, 0.1) is 0 Å². The summed E-state index contributed by atoms with van der Waals surface area (Å²) < 4.78 is 6.94. The Morgan fingerprint density at radius 1 is 1.24 bits per heavy atom. The summed E-state index contributed by atoms with van der Waals surface area (Å²) in [5.41, 5.74) is 8.82. The van der Waals surface area contributed by atoms with Crippen LogP contribution in [0.3, 0.4) is 0 Å². The first-order valence-corrected chi connectivity index (χ1v) is 13.3. The fourth-order valence-electron chi connectivity index (χ4n) is 4.06. The molecule has 3 aromatic rings. The van der Waals surface area contributed by atoms with Crippen LogP contribution >= 0.6 is 23.1 Å². The Hall–Kier alpha value is -2.85. The lowest BCUT2D eigenvalue weighted by atomic mass is 9.95. The minimum absolute atomic E-state index is 0.181. The van der Waals surface area contributed by atoms with Crippen molar-refractivity contribution in [3.63, 3.8) is 0 Å². The van der Waals surface area contributed by atoms with Crippen molar-refractivity contribution in [3.05, 3.63) is 51.9 Å². The third kappa shape index (κ3) is 5.28. The second-order valence-electron chi connectivity index (χ2n) is 8.10. The molecule has 3 N–H and O–H groups in total. The SMILES string of the molecule is CCOC(=O)c1c(NC(=O)C(C)n2c(N)nnc2SCCc2ccccc2)sc2c1CCCC2. The van der Waals surface area contributed by atoms with Crippen molar-refractivity contribution in [2.45, 2.75) is 57.1 Å². The number of thiophene rings is 1. The first kappa shape index (κ1) is 24.3. The number of amides is 1. The zero-order valence-electron chi connectivity index (χ0n) is 19.4. The van der Waals surface area contributed by atoms with E-state index in [-0.39, 0.29) is 24.4 Å². The van der Waals surface area contributed by atoms with Crippen molar-refractivity contribution in [2.24, 2.45) is 0 Å². The van der Waals surface area contributed by atoms with Crippen LogP contribution in [0.5, 0.6) is 0 Å². The van der Waals surface area contributed by atoms with Gasteiger partial charge in [-0.2, -0.15) is 0 Å². The summed E-state index contributed by atoms with van der Waals surface area (Å²) in [5.74, 6) is 0.300. The van der Waals surface area contributed by atoms with Gasteiger partial charge in [-0.25, -0.2) is 4.79 Å². The molecule has 4 rings (SSSR count). The Kier molecular flexibility index (Phi) is 7.89. The van der Waals surface area contributed by atoms with Crippen LogP contribution < -0.4 is 11.1 Å². The summed E-state index contributed by atoms with van der Waals surface area (Å²) in [6, 6.07) is 9.53. The first-order chi connectivity index (χ1) is 16.5. The molecule has 10 heteroatoms. The molecule has 0 bridgehead atoms. The number of nitrogen functional groups attached to an aromatic ring is 1. The van der Waals surface area contributed by atoms with Crippen LogP contribution in [0.4, 0.5) is 10.9 Å². The normalized spacial score (nSPS) is 13.8. The van der Waals surface area contributed by atoms with Crippen molar-refractivity contribution in [1.82, 2.24) is 14.8 Å². The monoisotopic (exact) mass is 499 g/mol. The van der Waals surface area contributed by atoms with Gasteiger partial charge in [0.2, 0.25) is 11.9 Å². The van der Waals surface area contributed by atoms with Gasteiger partial charge in [-0.15, -0.1) is 21.5 Å². The number of aryl methyl sites for hydroxylation is 2. The number of nitrogens with zero attached hydrogens (tertiary/aromatic N) is 3. The van der Waals surface area contributed by atoms with Gasteiger partial charge in [-0.1, -0.05) is 42.1 Å². The lowest BCUT2D eigenvalue weighted by molar-refractivity contribution is -0.118. The minimum Gasteiger partial charge on any atom is -0.462 e. The van der Waals surface area contributed by atoms with Crippen molar-refractivity contribution < 1.29 is 14.3 Å². The smallest absolute Gasteiger partial charge is 0.341 e. The Morgan fingerprint density at radius 3 is 2.76 bits per heavy atom. The maximum atomic E-state index is 13.3. The van der Waals surface area contributed by atoms with Gasteiger partial charge in [0, 0.05) is 10.6 Å². The first-order valence-electron chi connectivity index (χ1n) is 11.5. The molecule has 0 aliphatic heterocycles. The summed E-state index contributed by atoms with van der Waals surface area (Å²) in [6.07, 6.45) is 4.72. The summed E-state index contributed by atoms with van der Waals surface area (Å²) in [4.78, 5) is 27.1. The van der Waals surface area contributed by atoms with E-state index < -0.39 is 6.04 Å². The molecular weight excluding hydrogens is 470 g/mol. The van der Waals surface area contributed by atoms with Crippen LogP contribution in [-0.2, 0) is 28.8 Å². The van der Waals surface area contributed by atoms with Crippen molar-refractivity contribution in [1.29, 1.82) is 0 Å². The molecule has 1 atom stereocenters. The van der Waals surface area contributed by atoms with Crippen molar-refractivity contribution in [2.75, 3.05) is 23.4 Å². The maximum absolute atomic E-state index is 13.3. The number of thioether (sulfide) groups is 1. The number of nitrogens with two attached hydrogens (primary N) is 1. The third-order valence-electron chi connectivity index (χ3n) is 5.81. The highest BCUT2D eigenvalue weighted by atomic mass is 32.2. The number of benzene rings is 1. The number of anilines is 2. The average molecular weight is 500 g/mol. The number of aromatic nitrogens is 3. The summed E-state index contributed by atoms with van der Waals surface area (Å²) in [5, 5.41) is 12.3. The highest BCUT2D eigenvalue weighted by Gasteiger charge is 2.29. The molecule has 2 heterocycles. The molecule has 1 amide bonds. The lowest BCUT2D eigenvalue weighted by Crippen LogP contribution is -2.26. The molecule has 1 aromatic carbocycles. The fourth-order valence-corrected chi connectivity index (χ4v) is 6.35. The third-order valence-corrected chi connectivity index (χ3v) is 7.96. The largest absolute Gasteiger partial charge is 0.462 e. The van der Waals surface area contributed by atoms with E-state index in [1.165, 1.54) is 28.7 Å². The zero-order valence-corrected chi connectivity index (χ0v) is 21.0. The molecule has 0 radical (unpaired) electrons. The van der Waals surface area contributed by atoms with E-state index in [1.54, 1.807) is 18.4 Å². The van der Waals surface area contributed by atoms with E-state index in [9.17, 15) is 9.59 Å². The van der Waals surface area contributed by atoms with Gasteiger partial charge in [0.1, 0.15) is 11.0 Å². The number of carbonyl (C=O) groups excluding carboxylic acids is 2. The van der Waals surface area contributed by atoms with Crippen LogP contribution in [0.25, 0.3) is 0 Å². The van der Waals surface area contributed by atoms with Crippen molar-refractivity contribution >= 4 is 45.9 Å². The number of ether oxygens (including phenoxy) is 1. The van der Waals surface area contributed by atoms with Gasteiger partial charge < -0.3 is 15.8 Å². The molecule has 8 nitrogen and oxygen atoms in total. The quantitative estimate of drug-likeness (QED) is 0.329. The van der Waals surface area contributed by atoms with E-state index in [0.29, 0.717) is 15.7 Å². The maximum Gasteiger partial charge on any atom is 0.341 e. The predicted octanol–water partition coefficient (Wildman–Crippen LogP) is 4.51. The molecule has 0 spiro atoms. The summed E-state index contributed by atoms with van der Waals surface area (Å²) in [6.45, 7) is 3.82. The summed E-state index contributed by atoms with van der Waals surface area (Å²) >= 11 is 2.98. The van der Waals surface area contributed by atoms with Crippen LogP contribution in [0.2, 0.25) is 0 Å². The van der Waals surface area contributed by atoms with E-state index in [0.717, 1.165) is 48.3 Å². The van der Waals surface area contributed by atoms with Crippen LogP contribution in [-0.4, -0.2) is 39.0 Å². The second-order valence-corrected chi connectivity index (χ2v) is 10.3. The van der Waals surface area contributed by atoms with Gasteiger partial charge in [-0.3, -0.25) is 9.36 Å². The minimum atomic E-state index is -0.650. The van der Waals surface area contributed by atoms with Gasteiger partial charge in [-0.05, 0) is 57.1 Å². The predicted molar refractivity (Wildman–Crippen MR) is 136 cm³/mol. The number of rotatable bonds is 9. The van der Waals surface area contributed by atoms with Crippen LogP contribution in [0.1, 0.15) is 59.1 Å². The zero-order chi connectivity index (χ0) is 24.1. The molecule has 1 aliphatic carbocycles. The molecule has 0 saturated heterocycles. The lowest BCUT2D eigenvalue weighted by Gasteiger charge is -2.16. The number of hydrogen-bond acceptors (Lipinski definition) is 8. The van der Waals surface area contributed by atoms with E-state index >= 15 is 0 Å². The Balaban J connectivity index is 1.50. The van der Waals surface area contributed by atoms with E-state index in [1.807, 2.05) is 18.2 Å². The number of esters is 1. The van der Waals surface area contributed by atoms with E-state index in [4.69, 9.17) is 10.5 Å². The summed E-state index contributed by atoms with van der Waals surface area (Å²) in [7, 11) is 0. The Bertz CT molecular complexity index is 1160. The molecule has 2 aromatic heterocycles. The highest BCUT2D eigenvalue weighted by molar-refractivity contribution is 7.99. The molecule has 0 saturated carbocycles. The number of fused-ring (bicyclic) bond motifs is 1. The molecular formula is C24H29N5O3S2. The van der Waals surface area contributed by atoms with E-state index in [2.05, 4.69) is 27.6 Å². The number of hydrogen-bond donors (Lipinski definition) is 2. The van der Waals surface area contributed by atoms with Crippen LogP contribution in [0.15, 0.2) is 35.5 Å². The van der Waals surface area contributed by atoms with Crippen molar-refractivity contribution in [3.8, 4) is 0 Å². The van der Waals surface area contributed by atoms with Gasteiger partial charge in [0.15, 0.2) is 5.16 Å². The average Bonchev–Trinajstić information content (AvgIpc) is 3.39. The Morgan fingerprint density at radius 2 is 2.00 bits per heavy atom. The topological polar surface area (TPSA) is 112 Å². The molecule has 0 fully saturated rings. The fraction of sp³-hybridized carbons (Fsp3) is 0.417. The Labute approximate surface area is 207 Å². The number of nitrogens with one attached hydrogen (secondary N) is 1. The molecule has 1 aliphatic rings. The molecule has 34 heavy (non-hydrogen) atoms. The molecule has 1 unspecified atom stereocenters.